The van der Waals surface area contributed by atoms with E-state index in [9.17, 15) is 13.2 Å². The van der Waals surface area contributed by atoms with E-state index in [-0.39, 0.29) is 21.2 Å². The van der Waals surface area contributed by atoms with Crippen LogP contribution in [0, 0.1) is 6.92 Å². The molecule has 0 aromatic heterocycles. The molecule has 0 aliphatic carbocycles. The molecule has 0 radical (unpaired) electrons. The molecule has 34 heavy (non-hydrogen) atoms. The van der Waals surface area contributed by atoms with Crippen molar-refractivity contribution >= 4 is 56.2 Å². The molecule has 1 N–H and O–H groups in total. The summed E-state index contributed by atoms with van der Waals surface area (Å²) < 4.78 is 30.8. The van der Waals surface area contributed by atoms with Crippen LogP contribution in [-0.4, -0.2) is 20.6 Å². The maximum Gasteiger partial charge on any atom is 0.345 e. The van der Waals surface area contributed by atoms with E-state index in [1.165, 1.54) is 36.5 Å². The van der Waals surface area contributed by atoms with Crippen LogP contribution in [0.1, 0.15) is 21.5 Å². The zero-order valence-corrected chi connectivity index (χ0v) is 20.2. The molecule has 0 saturated carbocycles. The van der Waals surface area contributed by atoms with Crippen molar-refractivity contribution in [2.45, 2.75) is 11.8 Å². The average molecular weight is 513 g/mol. The smallest absolute Gasteiger partial charge is 0.345 e. The van der Waals surface area contributed by atoms with Gasteiger partial charge in [0.2, 0.25) is 0 Å². The van der Waals surface area contributed by atoms with Crippen molar-refractivity contribution < 1.29 is 17.9 Å². The molecule has 0 heterocycles. The summed E-state index contributed by atoms with van der Waals surface area (Å²) in [5.41, 5.74) is 1.50. The Balaban J connectivity index is 1.67. The minimum Gasteiger partial charge on any atom is -0.422 e. The lowest BCUT2D eigenvalue weighted by Gasteiger charge is -2.11. The molecule has 4 aromatic carbocycles. The molecule has 0 spiro atoms. The maximum atomic E-state index is 12.8. The highest BCUT2D eigenvalue weighted by Gasteiger charge is 2.17. The van der Waals surface area contributed by atoms with E-state index in [0.717, 1.165) is 10.9 Å². The predicted octanol–water partition coefficient (Wildman–Crippen LogP) is 5.99. The Bertz CT molecular complexity index is 1520. The number of carbonyl (C=O) groups excluding carboxylic acids is 1. The molecule has 4 rings (SSSR count). The lowest BCUT2D eigenvalue weighted by Crippen LogP contribution is -2.18. The molecule has 0 aliphatic heterocycles. The second-order valence-electron chi connectivity index (χ2n) is 7.38. The normalized spacial score (nSPS) is 11.6. The van der Waals surface area contributed by atoms with Crippen molar-refractivity contribution in [2.75, 3.05) is 0 Å². The number of hydrogen-bond donors (Lipinski definition) is 1. The number of hydrogen-bond acceptors (Lipinski definition) is 5. The molecule has 0 aliphatic rings. The van der Waals surface area contributed by atoms with Gasteiger partial charge in [0.25, 0.3) is 10.0 Å². The van der Waals surface area contributed by atoms with Gasteiger partial charge in [0, 0.05) is 10.6 Å². The summed E-state index contributed by atoms with van der Waals surface area (Å²) in [7, 11) is -3.87. The number of fused-ring (bicyclic) bond motifs is 1. The summed E-state index contributed by atoms with van der Waals surface area (Å²) in [6, 6.07) is 21.6. The van der Waals surface area contributed by atoms with Crippen molar-refractivity contribution in [3.63, 3.8) is 0 Å². The highest BCUT2D eigenvalue weighted by Crippen LogP contribution is 2.29. The summed E-state index contributed by atoms with van der Waals surface area (Å²) >= 11 is 12.0. The Kier molecular flexibility index (Phi) is 6.88. The van der Waals surface area contributed by atoms with Crippen LogP contribution in [-0.2, 0) is 10.0 Å². The van der Waals surface area contributed by atoms with Crippen molar-refractivity contribution in [2.24, 2.45) is 5.10 Å². The minimum absolute atomic E-state index is 0.0807. The Morgan fingerprint density at radius 2 is 1.71 bits per heavy atom. The van der Waals surface area contributed by atoms with Gasteiger partial charge in [-0.15, -0.1) is 0 Å². The van der Waals surface area contributed by atoms with Gasteiger partial charge in [0.15, 0.2) is 0 Å². The highest BCUT2D eigenvalue weighted by atomic mass is 35.5. The zero-order valence-electron chi connectivity index (χ0n) is 17.8. The summed E-state index contributed by atoms with van der Waals surface area (Å²) in [6.45, 7) is 1.86. The number of esters is 1. The van der Waals surface area contributed by atoms with Gasteiger partial charge in [-0.3, -0.25) is 0 Å². The van der Waals surface area contributed by atoms with Crippen molar-refractivity contribution in [3.05, 3.63) is 106 Å². The summed E-state index contributed by atoms with van der Waals surface area (Å²) in [5.74, 6) is -0.500. The molecule has 0 unspecified atom stereocenters. The zero-order chi connectivity index (χ0) is 24.3. The third-order valence-corrected chi connectivity index (χ3v) is 6.77. The molecular weight excluding hydrogens is 495 g/mol. The topological polar surface area (TPSA) is 84.8 Å². The van der Waals surface area contributed by atoms with E-state index in [1.807, 2.05) is 31.2 Å². The van der Waals surface area contributed by atoms with Crippen molar-refractivity contribution in [1.29, 1.82) is 0 Å². The lowest BCUT2D eigenvalue weighted by atomic mass is 10.0. The van der Waals surface area contributed by atoms with E-state index in [2.05, 4.69) is 9.93 Å². The Morgan fingerprint density at radius 3 is 2.44 bits per heavy atom. The molecule has 0 saturated heterocycles. The number of sulfonamides is 1. The fraction of sp³-hybridized carbons (Fsp3) is 0.0400. The lowest BCUT2D eigenvalue weighted by molar-refractivity contribution is 0.0735. The first kappa shape index (κ1) is 23.8. The van der Waals surface area contributed by atoms with Crippen molar-refractivity contribution in [1.82, 2.24) is 4.83 Å². The standard InChI is InChI=1S/C25H18Cl2N2O4S/c1-16-6-10-19(11-7-16)34(31,32)29-28-15-22-20-5-3-2-4-17(20)8-13-24(22)33-25(30)21-12-9-18(26)14-23(21)27/h2-15,29H,1H3. The van der Waals surface area contributed by atoms with Crippen LogP contribution >= 0.6 is 23.2 Å². The fourth-order valence-corrected chi connectivity index (χ4v) is 4.51. The number of hydrazone groups is 1. The molecule has 4 aromatic rings. The van der Waals surface area contributed by atoms with E-state index in [0.29, 0.717) is 16.0 Å². The molecule has 172 valence electrons. The van der Waals surface area contributed by atoms with E-state index in [1.54, 1.807) is 24.3 Å². The molecule has 0 atom stereocenters. The fourth-order valence-electron chi connectivity index (χ4n) is 3.24. The molecule has 0 bridgehead atoms. The first-order valence-corrected chi connectivity index (χ1v) is 12.3. The summed E-state index contributed by atoms with van der Waals surface area (Å²) in [4.78, 5) is 15.1. The van der Waals surface area contributed by atoms with E-state index < -0.39 is 16.0 Å². The number of rotatable bonds is 6. The van der Waals surface area contributed by atoms with Crippen LogP contribution in [0.4, 0.5) is 0 Å². The quantitative estimate of drug-likeness (QED) is 0.149. The van der Waals surface area contributed by atoms with Crippen LogP contribution in [0.2, 0.25) is 10.0 Å². The molecule has 0 amide bonds. The first-order chi connectivity index (χ1) is 16.2. The van der Waals surface area contributed by atoms with Crippen LogP contribution in [0.25, 0.3) is 10.8 Å². The van der Waals surface area contributed by atoms with Crippen LogP contribution in [0.15, 0.2) is 88.9 Å². The highest BCUT2D eigenvalue weighted by molar-refractivity contribution is 7.89. The number of ether oxygens (including phenoxy) is 1. The first-order valence-electron chi connectivity index (χ1n) is 10.0. The maximum absolute atomic E-state index is 12.8. The number of nitrogens with zero attached hydrogens (tertiary/aromatic N) is 1. The van der Waals surface area contributed by atoms with Crippen molar-refractivity contribution in [3.8, 4) is 5.75 Å². The predicted molar refractivity (Wildman–Crippen MR) is 134 cm³/mol. The third kappa shape index (κ3) is 5.22. The van der Waals surface area contributed by atoms with Gasteiger partial charge < -0.3 is 4.74 Å². The number of halogens is 2. The monoisotopic (exact) mass is 512 g/mol. The van der Waals surface area contributed by atoms with E-state index in [4.69, 9.17) is 27.9 Å². The molecular formula is C25H18Cl2N2O4S. The SMILES string of the molecule is Cc1ccc(S(=O)(=O)NN=Cc2c(OC(=O)c3ccc(Cl)cc3Cl)ccc3ccccc23)cc1. The van der Waals surface area contributed by atoms with Gasteiger partial charge in [-0.05, 0) is 54.1 Å². The van der Waals surface area contributed by atoms with Gasteiger partial charge in [-0.2, -0.15) is 13.5 Å². The number of benzene rings is 4. The average Bonchev–Trinajstić information content (AvgIpc) is 2.80. The largest absolute Gasteiger partial charge is 0.422 e. The van der Waals surface area contributed by atoms with Gasteiger partial charge in [0.1, 0.15) is 5.75 Å². The van der Waals surface area contributed by atoms with Crippen LogP contribution in [0.5, 0.6) is 5.75 Å². The third-order valence-electron chi connectivity index (χ3n) is 4.98. The summed E-state index contributed by atoms with van der Waals surface area (Å²) in [5, 5.41) is 6.05. The number of aryl methyl sites for hydroxylation is 1. The Morgan fingerprint density at radius 1 is 0.971 bits per heavy atom. The molecule has 9 heteroatoms. The van der Waals surface area contributed by atoms with Gasteiger partial charge in [-0.1, -0.05) is 71.2 Å². The van der Waals surface area contributed by atoms with E-state index >= 15 is 0 Å². The molecule has 0 fully saturated rings. The second-order valence-corrected chi connectivity index (χ2v) is 9.88. The minimum atomic E-state index is -3.87. The number of carbonyl (C=O) groups is 1. The summed E-state index contributed by atoms with van der Waals surface area (Å²) in [6.07, 6.45) is 1.31. The Labute approximate surface area is 206 Å². The number of nitrogens with one attached hydrogen (secondary N) is 1. The Hall–Kier alpha value is -3.39. The second kappa shape index (κ2) is 9.85. The van der Waals surface area contributed by atoms with Gasteiger partial charge in [0.05, 0.1) is 21.7 Å². The van der Waals surface area contributed by atoms with Gasteiger partial charge >= 0.3 is 5.97 Å². The van der Waals surface area contributed by atoms with Gasteiger partial charge in [-0.25, -0.2) is 9.63 Å². The molecule has 6 nitrogen and oxygen atoms in total. The van der Waals surface area contributed by atoms with Crippen LogP contribution in [0.3, 0.4) is 0 Å². The van der Waals surface area contributed by atoms with Crippen LogP contribution < -0.4 is 9.57 Å².